The van der Waals surface area contributed by atoms with Gasteiger partial charge in [-0.2, -0.15) is 13.2 Å². The molecule has 8 heteroatoms. The maximum absolute atomic E-state index is 12.8. The first-order chi connectivity index (χ1) is 12.3. The summed E-state index contributed by atoms with van der Waals surface area (Å²) in [5.41, 5.74) is 1.57. The number of carbonyl (C=O) groups excluding carboxylic acids is 1. The van der Waals surface area contributed by atoms with E-state index >= 15 is 0 Å². The summed E-state index contributed by atoms with van der Waals surface area (Å²) in [6.07, 6.45) is 1.51. The number of benzene rings is 1. The zero-order valence-electron chi connectivity index (χ0n) is 13.6. The van der Waals surface area contributed by atoms with Gasteiger partial charge in [-0.25, -0.2) is 4.79 Å². The van der Waals surface area contributed by atoms with Crippen LogP contribution in [0.3, 0.4) is 0 Å². The number of nitrogens with zero attached hydrogens (tertiary/aromatic N) is 2. The van der Waals surface area contributed by atoms with E-state index in [2.05, 4.69) is 10.3 Å². The molecule has 3 heterocycles. The molecule has 0 unspecified atom stereocenters. The fourth-order valence-corrected chi connectivity index (χ4v) is 4.17. The van der Waals surface area contributed by atoms with Crippen molar-refractivity contribution in [3.63, 3.8) is 0 Å². The topological polar surface area (TPSA) is 45.2 Å². The summed E-state index contributed by atoms with van der Waals surface area (Å²) in [4.78, 5) is 18.7. The van der Waals surface area contributed by atoms with Crippen molar-refractivity contribution in [2.75, 3.05) is 5.32 Å². The number of hydrogen-bond acceptors (Lipinski definition) is 2. The summed E-state index contributed by atoms with van der Waals surface area (Å²) in [7, 11) is 0. The van der Waals surface area contributed by atoms with Crippen LogP contribution in [0, 0.1) is 0 Å². The molecule has 0 aliphatic carbocycles. The van der Waals surface area contributed by atoms with Crippen LogP contribution in [0.5, 0.6) is 0 Å². The Morgan fingerprint density at radius 3 is 2.81 bits per heavy atom. The molecular formula is C18H15ClF3N3O. The van der Waals surface area contributed by atoms with Gasteiger partial charge < -0.3 is 10.2 Å². The molecule has 0 spiro atoms. The highest BCUT2D eigenvalue weighted by molar-refractivity contribution is 6.31. The Kier molecular flexibility index (Phi) is 4.06. The molecule has 4 nitrogen and oxygen atoms in total. The van der Waals surface area contributed by atoms with Crippen molar-refractivity contribution in [1.82, 2.24) is 9.88 Å². The van der Waals surface area contributed by atoms with E-state index in [-0.39, 0.29) is 23.8 Å². The molecule has 2 bridgehead atoms. The van der Waals surface area contributed by atoms with Gasteiger partial charge in [0.25, 0.3) is 0 Å². The van der Waals surface area contributed by atoms with Crippen LogP contribution in [0.1, 0.15) is 35.6 Å². The van der Waals surface area contributed by atoms with Crippen molar-refractivity contribution in [3.8, 4) is 0 Å². The number of aromatic nitrogens is 1. The van der Waals surface area contributed by atoms with E-state index in [1.165, 1.54) is 11.6 Å². The first kappa shape index (κ1) is 17.1. The van der Waals surface area contributed by atoms with E-state index in [0.717, 1.165) is 37.0 Å². The first-order valence-corrected chi connectivity index (χ1v) is 8.61. The zero-order valence-corrected chi connectivity index (χ0v) is 14.3. The molecule has 1 aromatic carbocycles. The number of fused-ring (bicyclic) bond motifs is 4. The molecule has 4 rings (SSSR count). The number of alkyl halides is 3. The van der Waals surface area contributed by atoms with Crippen LogP contribution in [0.4, 0.5) is 23.7 Å². The highest BCUT2D eigenvalue weighted by Gasteiger charge is 2.42. The molecule has 1 N–H and O–H groups in total. The van der Waals surface area contributed by atoms with Gasteiger partial charge in [0.15, 0.2) is 0 Å². The van der Waals surface area contributed by atoms with Crippen molar-refractivity contribution >= 4 is 23.3 Å². The molecule has 26 heavy (non-hydrogen) atoms. The van der Waals surface area contributed by atoms with E-state index in [0.29, 0.717) is 0 Å². The highest BCUT2D eigenvalue weighted by Crippen LogP contribution is 2.43. The summed E-state index contributed by atoms with van der Waals surface area (Å²) < 4.78 is 38.4. The van der Waals surface area contributed by atoms with Gasteiger partial charge in [-0.3, -0.25) is 4.98 Å². The quantitative estimate of drug-likeness (QED) is 0.751. The number of amides is 2. The monoisotopic (exact) mass is 381 g/mol. The molecule has 1 fully saturated rings. The van der Waals surface area contributed by atoms with Gasteiger partial charge in [0, 0.05) is 24.1 Å². The van der Waals surface area contributed by atoms with E-state index < -0.39 is 16.8 Å². The van der Waals surface area contributed by atoms with Crippen LogP contribution >= 0.6 is 11.6 Å². The van der Waals surface area contributed by atoms with Gasteiger partial charge in [0.05, 0.1) is 16.6 Å². The van der Waals surface area contributed by atoms with Crippen LogP contribution in [0.15, 0.2) is 36.7 Å². The summed E-state index contributed by atoms with van der Waals surface area (Å²) in [6.45, 7) is 0. The Bertz CT molecular complexity index is 871. The summed E-state index contributed by atoms with van der Waals surface area (Å²) in [6, 6.07) is 4.90. The lowest BCUT2D eigenvalue weighted by atomic mass is 9.95. The molecular weight excluding hydrogens is 367 g/mol. The maximum Gasteiger partial charge on any atom is 0.417 e. The van der Waals surface area contributed by atoms with Gasteiger partial charge in [-0.05, 0) is 54.7 Å². The number of nitrogens with one attached hydrogen (secondary N) is 1. The molecule has 1 aromatic heterocycles. The predicted molar refractivity (Wildman–Crippen MR) is 91.0 cm³/mol. The van der Waals surface area contributed by atoms with Gasteiger partial charge in [0.2, 0.25) is 0 Å². The molecule has 2 aliphatic rings. The average Bonchev–Trinajstić information content (AvgIpc) is 2.89. The van der Waals surface area contributed by atoms with Gasteiger partial charge in [-0.1, -0.05) is 11.6 Å². The second-order valence-electron chi connectivity index (χ2n) is 6.56. The molecule has 0 saturated carbocycles. The Balaban J connectivity index is 1.56. The van der Waals surface area contributed by atoms with Crippen molar-refractivity contribution in [2.24, 2.45) is 0 Å². The summed E-state index contributed by atoms with van der Waals surface area (Å²) in [5.74, 6) is 0. The Hall–Kier alpha value is -2.28. The molecule has 2 aromatic rings. The lowest BCUT2D eigenvalue weighted by Gasteiger charge is -2.36. The highest BCUT2D eigenvalue weighted by atomic mass is 35.5. The Labute approximate surface area is 153 Å². The third-order valence-corrected chi connectivity index (χ3v) is 5.34. The third-order valence-electron chi connectivity index (χ3n) is 5.02. The molecule has 2 aliphatic heterocycles. The lowest BCUT2D eigenvalue weighted by Crippen LogP contribution is -2.44. The molecule has 0 radical (unpaired) electrons. The number of hydrogen-bond donors (Lipinski definition) is 1. The van der Waals surface area contributed by atoms with Crippen LogP contribution < -0.4 is 5.32 Å². The van der Waals surface area contributed by atoms with Crippen LogP contribution in [0.25, 0.3) is 0 Å². The van der Waals surface area contributed by atoms with E-state index in [4.69, 9.17) is 11.6 Å². The fourth-order valence-electron chi connectivity index (χ4n) is 3.88. The van der Waals surface area contributed by atoms with Crippen molar-refractivity contribution in [3.05, 3.63) is 58.4 Å². The predicted octanol–water partition coefficient (Wildman–Crippen LogP) is 5.05. The second-order valence-corrected chi connectivity index (χ2v) is 6.96. The smallest absolute Gasteiger partial charge is 0.314 e. The number of rotatable bonds is 1. The minimum Gasteiger partial charge on any atom is -0.314 e. The van der Waals surface area contributed by atoms with Crippen LogP contribution in [-0.2, 0) is 12.6 Å². The van der Waals surface area contributed by atoms with Crippen LogP contribution in [-0.4, -0.2) is 22.0 Å². The van der Waals surface area contributed by atoms with Gasteiger partial charge in [0.1, 0.15) is 0 Å². The van der Waals surface area contributed by atoms with Crippen molar-refractivity contribution in [1.29, 1.82) is 0 Å². The fraction of sp³-hybridized carbons (Fsp3) is 0.333. The molecule has 2 atom stereocenters. The minimum atomic E-state index is -4.53. The number of urea groups is 1. The lowest BCUT2D eigenvalue weighted by molar-refractivity contribution is -0.137. The molecule has 136 valence electrons. The number of anilines is 1. The normalized spacial score (nSPS) is 21.5. The maximum atomic E-state index is 12.8. The minimum absolute atomic E-state index is 0.0534. The van der Waals surface area contributed by atoms with Gasteiger partial charge in [-0.15, -0.1) is 0 Å². The standard InChI is InChI=1S/C18H15ClF3N3O/c19-15-8-11(1-3-14(15)18(20,21)22)24-17(26)25-12-2-4-16(25)13-9-23-6-5-10(13)7-12/h1,3,5-6,8-9,12,16H,2,4,7H2,(H,24,26)/t12-,16+/m0/s1. The largest absolute Gasteiger partial charge is 0.417 e. The van der Waals surface area contributed by atoms with E-state index in [9.17, 15) is 18.0 Å². The average molecular weight is 382 g/mol. The SMILES string of the molecule is O=C(Nc1ccc(C(F)(F)F)c(Cl)c1)N1[C@H]2CC[C@@H]1c1cnccc1C2. The van der Waals surface area contributed by atoms with Gasteiger partial charge >= 0.3 is 12.2 Å². The van der Waals surface area contributed by atoms with Crippen LogP contribution in [0.2, 0.25) is 5.02 Å². The second kappa shape index (κ2) is 6.16. The Morgan fingerprint density at radius 2 is 2.08 bits per heavy atom. The third kappa shape index (κ3) is 2.90. The Morgan fingerprint density at radius 1 is 1.27 bits per heavy atom. The van der Waals surface area contributed by atoms with E-state index in [1.807, 2.05) is 6.07 Å². The molecule has 1 saturated heterocycles. The first-order valence-electron chi connectivity index (χ1n) is 8.23. The van der Waals surface area contributed by atoms with Crippen molar-refractivity contribution < 1.29 is 18.0 Å². The number of pyridine rings is 1. The molecule has 2 amide bonds. The van der Waals surface area contributed by atoms with Crippen molar-refractivity contribution in [2.45, 2.75) is 37.5 Å². The zero-order chi connectivity index (χ0) is 18.5. The van der Waals surface area contributed by atoms with E-state index in [1.54, 1.807) is 17.3 Å². The number of carbonyl (C=O) groups is 1. The summed E-state index contributed by atoms with van der Waals surface area (Å²) in [5, 5.41) is 2.24. The number of halogens is 4. The summed E-state index contributed by atoms with van der Waals surface area (Å²) >= 11 is 5.73.